The SMILES string of the molecule is COc1ccc(CCOC(=O)N2CCN(CC(=O)N(Cc3ccccc3)Cc3ccc(OC)cc3)CC2)cc1. The second-order valence-electron chi connectivity index (χ2n) is 9.56. The van der Waals surface area contributed by atoms with Crippen molar-refractivity contribution in [2.45, 2.75) is 19.5 Å². The molecule has 0 bridgehead atoms. The predicted molar refractivity (Wildman–Crippen MR) is 150 cm³/mol. The molecule has 2 amide bonds. The number of benzene rings is 3. The molecule has 4 rings (SSSR count). The van der Waals surface area contributed by atoms with E-state index in [4.69, 9.17) is 14.2 Å². The van der Waals surface area contributed by atoms with E-state index >= 15 is 0 Å². The van der Waals surface area contributed by atoms with Gasteiger partial charge < -0.3 is 24.0 Å². The van der Waals surface area contributed by atoms with Crippen LogP contribution in [0, 0.1) is 0 Å². The Balaban J connectivity index is 1.25. The van der Waals surface area contributed by atoms with E-state index in [0.29, 0.717) is 58.8 Å². The number of piperazine rings is 1. The van der Waals surface area contributed by atoms with E-state index in [0.717, 1.165) is 28.2 Å². The van der Waals surface area contributed by atoms with Crippen molar-refractivity contribution in [3.8, 4) is 11.5 Å². The summed E-state index contributed by atoms with van der Waals surface area (Å²) >= 11 is 0. The third kappa shape index (κ3) is 8.48. The lowest BCUT2D eigenvalue weighted by atomic mass is 10.1. The minimum atomic E-state index is -0.306. The molecule has 3 aromatic carbocycles. The first-order valence-electron chi connectivity index (χ1n) is 13.3. The van der Waals surface area contributed by atoms with Gasteiger partial charge in [-0.15, -0.1) is 0 Å². The van der Waals surface area contributed by atoms with Crippen molar-refractivity contribution in [2.75, 3.05) is 53.6 Å². The minimum Gasteiger partial charge on any atom is -0.497 e. The molecule has 1 saturated heterocycles. The number of methoxy groups -OCH3 is 2. The molecule has 0 atom stereocenters. The maximum atomic E-state index is 13.4. The molecule has 1 aliphatic heterocycles. The molecule has 0 aliphatic carbocycles. The van der Waals surface area contributed by atoms with Crippen LogP contribution in [0.5, 0.6) is 11.5 Å². The van der Waals surface area contributed by atoms with Crippen molar-refractivity contribution in [3.63, 3.8) is 0 Å². The van der Waals surface area contributed by atoms with Gasteiger partial charge in [-0.05, 0) is 41.0 Å². The summed E-state index contributed by atoms with van der Waals surface area (Å²) in [4.78, 5) is 31.7. The summed E-state index contributed by atoms with van der Waals surface area (Å²) in [7, 11) is 3.28. The quantitative estimate of drug-likeness (QED) is 0.369. The van der Waals surface area contributed by atoms with Gasteiger partial charge in [-0.25, -0.2) is 4.79 Å². The number of carbonyl (C=O) groups is 2. The van der Waals surface area contributed by atoms with Crippen LogP contribution in [-0.4, -0.2) is 80.3 Å². The summed E-state index contributed by atoms with van der Waals surface area (Å²) in [5.41, 5.74) is 3.21. The zero-order valence-corrected chi connectivity index (χ0v) is 22.8. The molecular weight excluding hydrogens is 494 g/mol. The number of amides is 2. The third-order valence-electron chi connectivity index (χ3n) is 6.87. The fraction of sp³-hybridized carbons (Fsp3) is 0.355. The van der Waals surface area contributed by atoms with Crippen LogP contribution in [0.1, 0.15) is 16.7 Å². The van der Waals surface area contributed by atoms with Gasteiger partial charge in [-0.2, -0.15) is 0 Å². The molecule has 8 nitrogen and oxygen atoms in total. The van der Waals surface area contributed by atoms with Crippen molar-refractivity contribution < 1.29 is 23.8 Å². The van der Waals surface area contributed by atoms with Crippen LogP contribution in [0.3, 0.4) is 0 Å². The fourth-order valence-electron chi connectivity index (χ4n) is 4.51. The van der Waals surface area contributed by atoms with E-state index in [-0.39, 0.29) is 12.0 Å². The Morgan fingerprint density at radius 1 is 0.718 bits per heavy atom. The van der Waals surface area contributed by atoms with Crippen LogP contribution in [0.2, 0.25) is 0 Å². The molecule has 0 radical (unpaired) electrons. The number of nitrogens with zero attached hydrogens (tertiary/aromatic N) is 3. The lowest BCUT2D eigenvalue weighted by molar-refractivity contribution is -0.134. The highest BCUT2D eigenvalue weighted by molar-refractivity contribution is 5.78. The Bertz CT molecular complexity index is 1180. The lowest BCUT2D eigenvalue weighted by Crippen LogP contribution is -2.51. The topological polar surface area (TPSA) is 71.6 Å². The van der Waals surface area contributed by atoms with Crippen LogP contribution < -0.4 is 9.47 Å². The molecule has 0 N–H and O–H groups in total. The number of carbonyl (C=O) groups excluding carboxylic acids is 2. The standard InChI is InChI=1S/C31H37N3O5/c1-37-28-12-8-25(9-13-28)16-21-39-31(36)33-19-17-32(18-20-33)24-30(35)34(22-26-6-4-3-5-7-26)23-27-10-14-29(38-2)15-11-27/h3-15H,16-24H2,1-2H3. The predicted octanol–water partition coefficient (Wildman–Crippen LogP) is 4.23. The number of ether oxygens (including phenoxy) is 3. The maximum absolute atomic E-state index is 13.4. The largest absolute Gasteiger partial charge is 0.497 e. The molecule has 1 heterocycles. The van der Waals surface area contributed by atoms with E-state index in [9.17, 15) is 9.59 Å². The molecular formula is C31H37N3O5. The molecule has 1 aliphatic rings. The van der Waals surface area contributed by atoms with Gasteiger partial charge >= 0.3 is 6.09 Å². The van der Waals surface area contributed by atoms with Gasteiger partial charge in [0.15, 0.2) is 0 Å². The van der Waals surface area contributed by atoms with Crippen LogP contribution in [0.4, 0.5) is 4.79 Å². The second kappa shape index (κ2) is 14.2. The molecule has 0 saturated carbocycles. The Hall–Kier alpha value is -4.04. The zero-order valence-electron chi connectivity index (χ0n) is 22.8. The Kier molecular flexibility index (Phi) is 10.2. The maximum Gasteiger partial charge on any atom is 0.409 e. The van der Waals surface area contributed by atoms with Gasteiger partial charge in [0.1, 0.15) is 11.5 Å². The van der Waals surface area contributed by atoms with Gasteiger partial charge in [0.2, 0.25) is 5.91 Å². The highest BCUT2D eigenvalue weighted by Gasteiger charge is 2.25. The van der Waals surface area contributed by atoms with E-state index in [1.807, 2.05) is 83.8 Å². The number of hydrogen-bond acceptors (Lipinski definition) is 6. The summed E-state index contributed by atoms with van der Waals surface area (Å²) < 4.78 is 15.9. The normalized spacial score (nSPS) is 13.5. The first-order valence-corrected chi connectivity index (χ1v) is 13.3. The van der Waals surface area contributed by atoms with E-state index < -0.39 is 0 Å². The van der Waals surface area contributed by atoms with Crippen molar-refractivity contribution in [2.24, 2.45) is 0 Å². The van der Waals surface area contributed by atoms with Gasteiger partial charge in [0, 0.05) is 45.7 Å². The van der Waals surface area contributed by atoms with Gasteiger partial charge in [-0.3, -0.25) is 9.69 Å². The molecule has 39 heavy (non-hydrogen) atoms. The Morgan fingerprint density at radius 3 is 1.82 bits per heavy atom. The average molecular weight is 532 g/mol. The molecule has 206 valence electrons. The van der Waals surface area contributed by atoms with Crippen LogP contribution in [0.25, 0.3) is 0 Å². The van der Waals surface area contributed by atoms with Crippen LogP contribution in [0.15, 0.2) is 78.9 Å². The lowest BCUT2D eigenvalue weighted by Gasteiger charge is -2.35. The molecule has 1 fully saturated rings. The summed E-state index contributed by atoms with van der Waals surface area (Å²) in [6, 6.07) is 25.6. The smallest absolute Gasteiger partial charge is 0.409 e. The molecule has 8 heteroatoms. The number of hydrogen-bond donors (Lipinski definition) is 0. The highest BCUT2D eigenvalue weighted by Crippen LogP contribution is 2.16. The molecule has 0 unspecified atom stereocenters. The van der Waals surface area contributed by atoms with Crippen molar-refractivity contribution in [1.82, 2.24) is 14.7 Å². The average Bonchev–Trinajstić information content (AvgIpc) is 2.98. The van der Waals surface area contributed by atoms with Gasteiger partial charge in [-0.1, -0.05) is 54.6 Å². The highest BCUT2D eigenvalue weighted by atomic mass is 16.6. The molecule has 0 spiro atoms. The zero-order chi connectivity index (χ0) is 27.5. The summed E-state index contributed by atoms with van der Waals surface area (Å²) in [6.45, 7) is 4.00. The van der Waals surface area contributed by atoms with Crippen molar-refractivity contribution in [1.29, 1.82) is 0 Å². The molecule has 0 aromatic heterocycles. The van der Waals surface area contributed by atoms with Crippen molar-refractivity contribution >= 4 is 12.0 Å². The van der Waals surface area contributed by atoms with E-state index in [1.54, 1.807) is 19.1 Å². The number of rotatable bonds is 11. The van der Waals surface area contributed by atoms with Crippen LogP contribution >= 0.6 is 0 Å². The monoisotopic (exact) mass is 531 g/mol. The van der Waals surface area contributed by atoms with Gasteiger partial charge in [0.25, 0.3) is 0 Å². The van der Waals surface area contributed by atoms with Gasteiger partial charge in [0.05, 0.1) is 27.4 Å². The Labute approximate surface area is 230 Å². The first-order chi connectivity index (χ1) is 19.0. The Morgan fingerprint density at radius 2 is 1.26 bits per heavy atom. The molecule has 3 aromatic rings. The minimum absolute atomic E-state index is 0.0604. The second-order valence-corrected chi connectivity index (χ2v) is 9.56. The summed E-state index contributed by atoms with van der Waals surface area (Å²) in [5.74, 6) is 1.65. The summed E-state index contributed by atoms with van der Waals surface area (Å²) in [6.07, 6.45) is 0.343. The van der Waals surface area contributed by atoms with Crippen molar-refractivity contribution in [3.05, 3.63) is 95.6 Å². The van der Waals surface area contributed by atoms with Crippen LogP contribution in [-0.2, 0) is 29.0 Å². The van der Waals surface area contributed by atoms with E-state index in [1.165, 1.54) is 0 Å². The van der Waals surface area contributed by atoms with E-state index in [2.05, 4.69) is 4.90 Å². The fourth-order valence-corrected chi connectivity index (χ4v) is 4.51. The summed E-state index contributed by atoms with van der Waals surface area (Å²) in [5, 5.41) is 0. The first kappa shape index (κ1) is 28.0. The third-order valence-corrected chi connectivity index (χ3v) is 6.87.